The van der Waals surface area contributed by atoms with Crippen LogP contribution in [0.5, 0.6) is 0 Å². The van der Waals surface area contributed by atoms with Crippen molar-refractivity contribution in [2.75, 3.05) is 5.32 Å². The average Bonchev–Trinajstić information content (AvgIpc) is 3.15. The summed E-state index contributed by atoms with van der Waals surface area (Å²) in [7, 11) is 1.85. The highest BCUT2D eigenvalue weighted by molar-refractivity contribution is 6.01. The number of halogens is 1. The summed E-state index contributed by atoms with van der Waals surface area (Å²) < 4.78 is 16.3. The number of hydrogen-bond donors (Lipinski definition) is 1. The fourth-order valence-electron chi connectivity index (χ4n) is 2.32. The molecule has 1 aromatic carbocycles. The maximum Gasteiger partial charge on any atom is 0.248 e. The zero-order valence-corrected chi connectivity index (χ0v) is 14.0. The summed E-state index contributed by atoms with van der Waals surface area (Å²) >= 11 is 0. The quantitative estimate of drug-likeness (QED) is 0.727. The molecular formula is C18H18FN5O. The van der Waals surface area contributed by atoms with Gasteiger partial charge in [0.2, 0.25) is 5.91 Å². The first kappa shape index (κ1) is 16.6. The van der Waals surface area contributed by atoms with Gasteiger partial charge in [0.25, 0.3) is 0 Å². The fourth-order valence-corrected chi connectivity index (χ4v) is 2.32. The smallest absolute Gasteiger partial charge is 0.248 e. The van der Waals surface area contributed by atoms with Gasteiger partial charge in [0.15, 0.2) is 0 Å². The van der Waals surface area contributed by atoms with E-state index in [0.29, 0.717) is 12.2 Å². The number of aromatic nitrogens is 4. The number of carbonyl (C=O) groups is 1. The largest absolute Gasteiger partial charge is 0.320 e. The number of amides is 1. The number of rotatable bonds is 5. The Bertz CT molecular complexity index is 908. The van der Waals surface area contributed by atoms with Crippen molar-refractivity contribution in [1.82, 2.24) is 19.6 Å². The fraction of sp³-hybridized carbons (Fsp3) is 0.167. The zero-order valence-electron chi connectivity index (χ0n) is 14.0. The Kier molecular flexibility index (Phi) is 4.74. The predicted octanol–water partition coefficient (Wildman–Crippen LogP) is 2.76. The lowest BCUT2D eigenvalue weighted by Gasteiger charge is -2.01. The van der Waals surface area contributed by atoms with Gasteiger partial charge in [0, 0.05) is 30.6 Å². The van der Waals surface area contributed by atoms with Crippen molar-refractivity contribution in [3.63, 3.8) is 0 Å². The van der Waals surface area contributed by atoms with Gasteiger partial charge < -0.3 is 5.32 Å². The van der Waals surface area contributed by atoms with Crippen molar-refractivity contribution in [1.29, 1.82) is 0 Å². The molecule has 0 aliphatic heterocycles. The standard InChI is InChI=1S/C18H18FN5O/c1-13-15(9-20-23(13)2)5-8-18(25)22-17-10-21-24(12-17)11-14-3-6-16(19)7-4-14/h3-10,12H,11H2,1-2H3,(H,22,25)/b8-5-. The van der Waals surface area contributed by atoms with E-state index < -0.39 is 0 Å². The summed E-state index contributed by atoms with van der Waals surface area (Å²) in [6, 6.07) is 6.22. The molecule has 1 N–H and O–H groups in total. The molecule has 25 heavy (non-hydrogen) atoms. The van der Waals surface area contributed by atoms with E-state index in [9.17, 15) is 9.18 Å². The number of nitrogens with zero attached hydrogens (tertiary/aromatic N) is 4. The molecule has 0 spiro atoms. The lowest BCUT2D eigenvalue weighted by atomic mass is 10.2. The predicted molar refractivity (Wildman–Crippen MR) is 93.3 cm³/mol. The van der Waals surface area contributed by atoms with Crippen LogP contribution in [0.15, 0.2) is 48.9 Å². The Morgan fingerprint density at radius 1 is 1.24 bits per heavy atom. The van der Waals surface area contributed by atoms with Crippen LogP contribution in [0.3, 0.4) is 0 Å². The second kappa shape index (κ2) is 7.12. The van der Waals surface area contributed by atoms with Crippen LogP contribution in [-0.2, 0) is 18.4 Å². The van der Waals surface area contributed by atoms with Crippen LogP contribution in [0.25, 0.3) is 6.08 Å². The van der Waals surface area contributed by atoms with Crippen molar-refractivity contribution in [3.8, 4) is 0 Å². The molecular weight excluding hydrogens is 321 g/mol. The van der Waals surface area contributed by atoms with Gasteiger partial charge in [-0.1, -0.05) is 12.1 Å². The van der Waals surface area contributed by atoms with Crippen LogP contribution in [0.2, 0.25) is 0 Å². The Labute approximate surface area is 144 Å². The molecule has 0 bridgehead atoms. The molecule has 3 rings (SSSR count). The SMILES string of the molecule is Cc1c(/C=C\C(=O)Nc2cnn(Cc3ccc(F)cc3)c2)cnn1C. The van der Waals surface area contributed by atoms with Crippen LogP contribution in [-0.4, -0.2) is 25.5 Å². The van der Waals surface area contributed by atoms with Crippen LogP contribution in [0, 0.1) is 12.7 Å². The lowest BCUT2D eigenvalue weighted by Crippen LogP contribution is -2.07. The first-order valence-corrected chi connectivity index (χ1v) is 7.76. The van der Waals surface area contributed by atoms with Crippen molar-refractivity contribution in [2.24, 2.45) is 7.05 Å². The first-order chi connectivity index (χ1) is 12.0. The Morgan fingerprint density at radius 3 is 2.68 bits per heavy atom. The Balaban J connectivity index is 1.60. The van der Waals surface area contributed by atoms with Crippen LogP contribution >= 0.6 is 0 Å². The molecule has 2 aromatic heterocycles. The number of aryl methyl sites for hydroxylation is 1. The number of nitrogens with one attached hydrogen (secondary N) is 1. The molecule has 6 nitrogen and oxygen atoms in total. The van der Waals surface area contributed by atoms with Gasteiger partial charge in [-0.3, -0.25) is 14.2 Å². The van der Waals surface area contributed by atoms with Gasteiger partial charge in [-0.2, -0.15) is 10.2 Å². The van der Waals surface area contributed by atoms with Gasteiger partial charge in [0.1, 0.15) is 5.82 Å². The molecule has 0 aliphatic carbocycles. The molecule has 3 aromatic rings. The molecule has 1 amide bonds. The van der Waals surface area contributed by atoms with E-state index in [1.807, 2.05) is 14.0 Å². The molecule has 128 valence electrons. The van der Waals surface area contributed by atoms with E-state index in [1.165, 1.54) is 18.2 Å². The van der Waals surface area contributed by atoms with Gasteiger partial charge in [0.05, 0.1) is 24.6 Å². The minimum absolute atomic E-state index is 0.246. The second-order valence-corrected chi connectivity index (χ2v) is 5.68. The monoisotopic (exact) mass is 339 g/mol. The van der Waals surface area contributed by atoms with Crippen LogP contribution in [0.1, 0.15) is 16.8 Å². The van der Waals surface area contributed by atoms with Crippen molar-refractivity contribution in [3.05, 3.63) is 71.6 Å². The minimum Gasteiger partial charge on any atom is -0.320 e. The molecule has 7 heteroatoms. The average molecular weight is 339 g/mol. The topological polar surface area (TPSA) is 64.7 Å². The van der Waals surface area contributed by atoms with Gasteiger partial charge in [-0.25, -0.2) is 4.39 Å². The maximum atomic E-state index is 12.9. The highest BCUT2D eigenvalue weighted by atomic mass is 19.1. The molecule has 0 fully saturated rings. The molecule has 0 atom stereocenters. The van der Waals surface area contributed by atoms with E-state index in [4.69, 9.17) is 0 Å². The van der Waals surface area contributed by atoms with Crippen molar-refractivity contribution < 1.29 is 9.18 Å². The van der Waals surface area contributed by atoms with E-state index in [2.05, 4.69) is 15.5 Å². The molecule has 0 aliphatic rings. The summed E-state index contributed by atoms with van der Waals surface area (Å²) in [5.74, 6) is -0.516. The summed E-state index contributed by atoms with van der Waals surface area (Å²) in [5.41, 5.74) is 3.40. The summed E-state index contributed by atoms with van der Waals surface area (Å²) in [6.07, 6.45) is 8.19. The highest BCUT2D eigenvalue weighted by Crippen LogP contribution is 2.10. The summed E-state index contributed by atoms with van der Waals surface area (Å²) in [4.78, 5) is 12.0. The third kappa shape index (κ3) is 4.20. The third-order valence-electron chi connectivity index (χ3n) is 3.85. The number of benzene rings is 1. The lowest BCUT2D eigenvalue weighted by molar-refractivity contribution is -0.111. The second-order valence-electron chi connectivity index (χ2n) is 5.68. The van der Waals surface area contributed by atoms with Crippen LogP contribution in [0.4, 0.5) is 10.1 Å². The highest BCUT2D eigenvalue weighted by Gasteiger charge is 2.04. The third-order valence-corrected chi connectivity index (χ3v) is 3.85. The maximum absolute atomic E-state index is 12.9. The number of carbonyl (C=O) groups excluding carboxylic acids is 1. The van der Waals surface area contributed by atoms with Gasteiger partial charge in [-0.05, 0) is 30.7 Å². The van der Waals surface area contributed by atoms with E-state index in [1.54, 1.807) is 46.2 Å². The minimum atomic E-state index is -0.271. The Morgan fingerprint density at radius 2 is 2.00 bits per heavy atom. The number of hydrogen-bond acceptors (Lipinski definition) is 3. The number of anilines is 1. The van der Waals surface area contributed by atoms with Crippen molar-refractivity contribution in [2.45, 2.75) is 13.5 Å². The molecule has 0 unspecified atom stereocenters. The molecule has 0 saturated heterocycles. The van der Waals surface area contributed by atoms with Crippen LogP contribution < -0.4 is 5.32 Å². The van der Waals surface area contributed by atoms with Crippen molar-refractivity contribution >= 4 is 17.7 Å². The van der Waals surface area contributed by atoms with E-state index >= 15 is 0 Å². The first-order valence-electron chi connectivity index (χ1n) is 7.76. The van der Waals surface area contributed by atoms with Gasteiger partial charge >= 0.3 is 0 Å². The van der Waals surface area contributed by atoms with Gasteiger partial charge in [-0.15, -0.1) is 0 Å². The summed E-state index contributed by atoms with van der Waals surface area (Å²) in [5, 5.41) is 11.1. The molecule has 0 radical (unpaired) electrons. The van der Waals surface area contributed by atoms with E-state index in [0.717, 1.165) is 16.8 Å². The molecule has 2 heterocycles. The normalized spacial score (nSPS) is 11.2. The zero-order chi connectivity index (χ0) is 17.8. The van der Waals surface area contributed by atoms with E-state index in [-0.39, 0.29) is 11.7 Å². The summed E-state index contributed by atoms with van der Waals surface area (Å²) in [6.45, 7) is 2.44. The Hall–Kier alpha value is -3.22. The molecule has 0 saturated carbocycles.